The molecule has 0 radical (unpaired) electrons. The summed E-state index contributed by atoms with van der Waals surface area (Å²) in [5.41, 5.74) is -0.646. The van der Waals surface area contributed by atoms with Crippen molar-refractivity contribution in [2.45, 2.75) is 18.6 Å². The average Bonchev–Trinajstić information content (AvgIpc) is 2.27. The molecule has 1 unspecified atom stereocenters. The quantitative estimate of drug-likeness (QED) is 0.863. The Morgan fingerprint density at radius 1 is 1.47 bits per heavy atom. The molecule has 0 amide bonds. The summed E-state index contributed by atoms with van der Waals surface area (Å²) in [5.74, 6) is 0. The Bertz CT molecular complexity index is 355. The molecule has 3 nitrogen and oxygen atoms in total. The monoisotopic (exact) mass is 248 g/mol. The molecule has 0 saturated heterocycles. The van der Waals surface area contributed by atoms with Gasteiger partial charge in [0.05, 0.1) is 17.9 Å². The number of aromatic nitrogens is 1. The second-order valence-corrected chi connectivity index (χ2v) is 3.64. The van der Waals surface area contributed by atoms with Crippen LogP contribution in [0.15, 0.2) is 18.3 Å². The molecule has 0 bridgehead atoms. The molecule has 0 aliphatic rings. The van der Waals surface area contributed by atoms with Gasteiger partial charge in [0.15, 0.2) is 0 Å². The van der Waals surface area contributed by atoms with Gasteiger partial charge in [0.25, 0.3) is 0 Å². The summed E-state index contributed by atoms with van der Waals surface area (Å²) in [6.07, 6.45) is -2.82. The van der Waals surface area contributed by atoms with Crippen molar-refractivity contribution in [1.29, 1.82) is 0 Å². The molecular formula is C11H15F3N2O. The SMILES string of the molecule is CNC(COC)Cc1ncccc1C(F)(F)F. The normalized spacial score (nSPS) is 13.7. The summed E-state index contributed by atoms with van der Waals surface area (Å²) >= 11 is 0. The van der Waals surface area contributed by atoms with Crippen molar-refractivity contribution < 1.29 is 17.9 Å². The Morgan fingerprint density at radius 2 is 2.18 bits per heavy atom. The van der Waals surface area contributed by atoms with Crippen LogP contribution in [0, 0.1) is 0 Å². The summed E-state index contributed by atoms with van der Waals surface area (Å²) in [4.78, 5) is 3.80. The highest BCUT2D eigenvalue weighted by Crippen LogP contribution is 2.31. The third-order valence-corrected chi connectivity index (χ3v) is 2.41. The van der Waals surface area contributed by atoms with Crippen molar-refractivity contribution >= 4 is 0 Å². The Labute approximate surface area is 98.0 Å². The number of hydrogen-bond acceptors (Lipinski definition) is 3. The molecule has 0 aromatic carbocycles. The van der Waals surface area contributed by atoms with Crippen molar-refractivity contribution in [1.82, 2.24) is 10.3 Å². The molecule has 17 heavy (non-hydrogen) atoms. The molecule has 1 N–H and O–H groups in total. The lowest BCUT2D eigenvalue weighted by Crippen LogP contribution is -2.33. The van der Waals surface area contributed by atoms with E-state index in [1.165, 1.54) is 19.4 Å². The third-order valence-electron chi connectivity index (χ3n) is 2.41. The van der Waals surface area contributed by atoms with Gasteiger partial charge in [-0.3, -0.25) is 4.98 Å². The van der Waals surface area contributed by atoms with Gasteiger partial charge in [-0.25, -0.2) is 0 Å². The lowest BCUT2D eigenvalue weighted by atomic mass is 10.1. The van der Waals surface area contributed by atoms with Gasteiger partial charge < -0.3 is 10.1 Å². The van der Waals surface area contributed by atoms with E-state index >= 15 is 0 Å². The number of pyridine rings is 1. The summed E-state index contributed by atoms with van der Waals surface area (Å²) in [7, 11) is 3.19. The number of hydrogen-bond donors (Lipinski definition) is 1. The van der Waals surface area contributed by atoms with Crippen molar-refractivity contribution in [3.8, 4) is 0 Å². The zero-order chi connectivity index (χ0) is 12.9. The van der Waals surface area contributed by atoms with E-state index in [2.05, 4.69) is 10.3 Å². The molecule has 1 atom stereocenters. The van der Waals surface area contributed by atoms with Crippen molar-refractivity contribution in [2.75, 3.05) is 20.8 Å². The van der Waals surface area contributed by atoms with E-state index in [0.717, 1.165) is 6.07 Å². The summed E-state index contributed by atoms with van der Waals surface area (Å²) in [6.45, 7) is 0.338. The van der Waals surface area contributed by atoms with E-state index in [0.29, 0.717) is 6.61 Å². The lowest BCUT2D eigenvalue weighted by molar-refractivity contribution is -0.138. The first kappa shape index (κ1) is 13.9. The van der Waals surface area contributed by atoms with Crippen LogP contribution in [0.5, 0.6) is 0 Å². The fraction of sp³-hybridized carbons (Fsp3) is 0.545. The molecular weight excluding hydrogens is 233 g/mol. The van der Waals surface area contributed by atoms with Gasteiger partial charge in [-0.1, -0.05) is 0 Å². The van der Waals surface area contributed by atoms with Crippen LogP contribution in [0.4, 0.5) is 13.2 Å². The first-order valence-electron chi connectivity index (χ1n) is 5.16. The maximum Gasteiger partial charge on any atom is 0.418 e. The maximum atomic E-state index is 12.7. The van der Waals surface area contributed by atoms with E-state index in [1.54, 1.807) is 7.05 Å². The van der Waals surface area contributed by atoms with E-state index in [4.69, 9.17) is 4.74 Å². The molecule has 0 aliphatic carbocycles. The predicted molar refractivity (Wildman–Crippen MR) is 57.7 cm³/mol. The summed E-state index contributed by atoms with van der Waals surface area (Å²) < 4.78 is 43.0. The number of nitrogens with one attached hydrogen (secondary N) is 1. The highest BCUT2D eigenvalue weighted by molar-refractivity contribution is 5.23. The smallest absolute Gasteiger partial charge is 0.383 e. The van der Waals surface area contributed by atoms with Crippen molar-refractivity contribution in [3.05, 3.63) is 29.6 Å². The Morgan fingerprint density at radius 3 is 2.71 bits per heavy atom. The molecule has 1 heterocycles. The molecule has 1 aromatic rings. The van der Waals surface area contributed by atoms with Crippen LogP contribution in [0.25, 0.3) is 0 Å². The zero-order valence-corrected chi connectivity index (χ0v) is 9.71. The van der Waals surface area contributed by atoms with Crippen molar-refractivity contribution in [3.63, 3.8) is 0 Å². The largest absolute Gasteiger partial charge is 0.418 e. The Hall–Kier alpha value is -1.14. The Kier molecular flexibility index (Phi) is 4.89. The molecule has 0 fully saturated rings. The van der Waals surface area contributed by atoms with Gasteiger partial charge in [0, 0.05) is 25.8 Å². The number of rotatable bonds is 5. The van der Waals surface area contributed by atoms with Crippen molar-refractivity contribution in [2.24, 2.45) is 0 Å². The van der Waals surface area contributed by atoms with Crippen LogP contribution in [0.3, 0.4) is 0 Å². The summed E-state index contributed by atoms with van der Waals surface area (Å²) in [5, 5.41) is 2.90. The molecule has 0 spiro atoms. The number of methoxy groups -OCH3 is 1. The number of nitrogens with zero attached hydrogens (tertiary/aromatic N) is 1. The minimum atomic E-state index is -4.37. The Balaban J connectivity index is 2.90. The lowest BCUT2D eigenvalue weighted by Gasteiger charge is -2.17. The molecule has 6 heteroatoms. The maximum absolute atomic E-state index is 12.7. The molecule has 1 aromatic heterocycles. The summed E-state index contributed by atoms with van der Waals surface area (Å²) in [6, 6.07) is 2.15. The molecule has 0 saturated carbocycles. The first-order valence-corrected chi connectivity index (χ1v) is 5.16. The molecule has 96 valence electrons. The van der Waals surface area contributed by atoms with Gasteiger partial charge >= 0.3 is 6.18 Å². The van der Waals surface area contributed by atoms with Crippen LogP contribution in [0.2, 0.25) is 0 Å². The average molecular weight is 248 g/mol. The van der Waals surface area contributed by atoms with Crippen LogP contribution >= 0.6 is 0 Å². The molecule has 0 aliphatic heterocycles. The third kappa shape index (κ3) is 3.98. The van der Waals surface area contributed by atoms with Gasteiger partial charge in [-0.05, 0) is 19.2 Å². The first-order chi connectivity index (χ1) is 7.99. The predicted octanol–water partition coefficient (Wildman–Crippen LogP) is 1.88. The van der Waals surface area contributed by atoms with Gasteiger partial charge in [0.1, 0.15) is 0 Å². The van der Waals surface area contributed by atoms with Crippen LogP contribution in [-0.4, -0.2) is 31.8 Å². The van der Waals surface area contributed by atoms with Crippen LogP contribution in [-0.2, 0) is 17.3 Å². The molecule has 1 rings (SSSR count). The van der Waals surface area contributed by atoms with Gasteiger partial charge in [-0.2, -0.15) is 13.2 Å². The zero-order valence-electron chi connectivity index (χ0n) is 9.71. The fourth-order valence-electron chi connectivity index (χ4n) is 1.54. The number of halogens is 3. The second-order valence-electron chi connectivity index (χ2n) is 3.64. The number of ether oxygens (including phenoxy) is 1. The van der Waals surface area contributed by atoms with E-state index in [1.807, 2.05) is 0 Å². The van der Waals surface area contributed by atoms with E-state index < -0.39 is 11.7 Å². The minimum absolute atomic E-state index is 0.0383. The highest BCUT2D eigenvalue weighted by atomic mass is 19.4. The highest BCUT2D eigenvalue weighted by Gasteiger charge is 2.34. The fourth-order valence-corrected chi connectivity index (χ4v) is 1.54. The second kappa shape index (κ2) is 5.97. The number of alkyl halides is 3. The van der Waals surface area contributed by atoms with E-state index in [-0.39, 0.29) is 18.2 Å². The topological polar surface area (TPSA) is 34.1 Å². The minimum Gasteiger partial charge on any atom is -0.383 e. The standard InChI is InChI=1S/C11H15F3N2O/c1-15-8(7-17-2)6-10-9(11(12,13)14)4-3-5-16-10/h3-5,8,15H,6-7H2,1-2H3. The van der Waals surface area contributed by atoms with Crippen LogP contribution in [0.1, 0.15) is 11.3 Å². The number of likely N-dealkylation sites (N-methyl/N-ethyl adjacent to an activating group) is 1. The van der Waals surface area contributed by atoms with Gasteiger partial charge in [-0.15, -0.1) is 0 Å². The van der Waals surface area contributed by atoms with Gasteiger partial charge in [0.2, 0.25) is 0 Å². The van der Waals surface area contributed by atoms with Crippen LogP contribution < -0.4 is 5.32 Å². The van der Waals surface area contributed by atoms with E-state index in [9.17, 15) is 13.2 Å².